The second-order valence-electron chi connectivity index (χ2n) is 4.79. The highest BCUT2D eigenvalue weighted by Gasteiger charge is 2.24. The summed E-state index contributed by atoms with van der Waals surface area (Å²) in [6.07, 6.45) is 1.34. The summed E-state index contributed by atoms with van der Waals surface area (Å²) in [6, 6.07) is 1.78. The Bertz CT molecular complexity index is 680. The van der Waals surface area contributed by atoms with Crippen molar-refractivity contribution in [3.05, 3.63) is 51.8 Å². The molecule has 0 saturated carbocycles. The summed E-state index contributed by atoms with van der Waals surface area (Å²) in [5.74, 6) is -2.21. The molecule has 6 heteroatoms. The van der Waals surface area contributed by atoms with Gasteiger partial charge in [0.1, 0.15) is 17.3 Å². The van der Waals surface area contributed by atoms with Crippen molar-refractivity contribution >= 4 is 17.4 Å². The van der Waals surface area contributed by atoms with Crippen LogP contribution < -0.4 is 0 Å². The van der Waals surface area contributed by atoms with Crippen molar-refractivity contribution in [2.75, 3.05) is 0 Å². The van der Waals surface area contributed by atoms with Gasteiger partial charge in [-0.3, -0.25) is 9.48 Å². The molecule has 0 N–H and O–H groups in total. The van der Waals surface area contributed by atoms with Gasteiger partial charge in [0.25, 0.3) is 0 Å². The fourth-order valence-corrected chi connectivity index (χ4v) is 2.12. The van der Waals surface area contributed by atoms with Crippen molar-refractivity contribution in [2.45, 2.75) is 26.8 Å². The van der Waals surface area contributed by atoms with E-state index in [0.29, 0.717) is 6.07 Å². The highest BCUT2D eigenvalue weighted by atomic mass is 35.5. The lowest BCUT2D eigenvalue weighted by atomic mass is 10.0. The van der Waals surface area contributed by atoms with Crippen LogP contribution in [0.2, 0.25) is 5.02 Å². The number of hydrogen-bond donors (Lipinski definition) is 0. The number of hydrogen-bond acceptors (Lipinski definition) is 2. The van der Waals surface area contributed by atoms with Crippen molar-refractivity contribution in [2.24, 2.45) is 0 Å². The number of aromatic nitrogens is 2. The molecular formula is C14H13ClF2N2O. The predicted octanol–water partition coefficient (Wildman–Crippen LogP) is 3.94. The number of nitrogens with zero attached hydrogens (tertiary/aromatic N) is 2. The predicted molar refractivity (Wildman–Crippen MR) is 72.1 cm³/mol. The maximum Gasteiger partial charge on any atom is 0.215 e. The summed E-state index contributed by atoms with van der Waals surface area (Å²) in [6.45, 7) is 5.12. The second-order valence-corrected chi connectivity index (χ2v) is 5.20. The Hall–Kier alpha value is -1.75. The third kappa shape index (κ3) is 2.45. The number of benzene rings is 1. The van der Waals surface area contributed by atoms with Gasteiger partial charge in [-0.2, -0.15) is 5.10 Å². The van der Waals surface area contributed by atoms with Gasteiger partial charge in [-0.15, -0.1) is 0 Å². The SMILES string of the molecule is Cc1cc(C(=O)c2c(Cl)cnn2C(C)C)c(F)cc1F. The normalized spacial score (nSPS) is 11.2. The Balaban J connectivity index is 2.58. The van der Waals surface area contributed by atoms with Crippen molar-refractivity contribution in [1.82, 2.24) is 9.78 Å². The smallest absolute Gasteiger partial charge is 0.215 e. The molecule has 0 atom stereocenters. The molecule has 0 aliphatic carbocycles. The highest BCUT2D eigenvalue weighted by molar-refractivity contribution is 6.34. The summed E-state index contributed by atoms with van der Waals surface area (Å²) in [5, 5.41) is 4.14. The molecule has 0 saturated heterocycles. The summed E-state index contributed by atoms with van der Waals surface area (Å²) >= 11 is 5.96. The van der Waals surface area contributed by atoms with Crippen LogP contribution in [0.25, 0.3) is 0 Å². The van der Waals surface area contributed by atoms with Crippen LogP contribution in [0.15, 0.2) is 18.3 Å². The number of carbonyl (C=O) groups excluding carboxylic acids is 1. The molecule has 1 aromatic heterocycles. The minimum atomic E-state index is -0.911. The van der Waals surface area contributed by atoms with E-state index in [-0.39, 0.29) is 27.9 Å². The molecule has 3 nitrogen and oxygen atoms in total. The first-order valence-electron chi connectivity index (χ1n) is 6.06. The second kappa shape index (κ2) is 5.32. The van der Waals surface area contributed by atoms with Crippen LogP contribution in [0.5, 0.6) is 0 Å². The van der Waals surface area contributed by atoms with Gasteiger partial charge in [-0.1, -0.05) is 11.6 Å². The Morgan fingerprint density at radius 1 is 1.30 bits per heavy atom. The molecule has 1 aromatic carbocycles. The molecule has 20 heavy (non-hydrogen) atoms. The fourth-order valence-electron chi connectivity index (χ4n) is 1.90. The minimum absolute atomic E-state index is 0.103. The molecule has 0 aliphatic rings. The van der Waals surface area contributed by atoms with E-state index in [2.05, 4.69) is 5.10 Å². The quantitative estimate of drug-likeness (QED) is 0.805. The molecule has 0 aliphatic heterocycles. The van der Waals surface area contributed by atoms with Crippen molar-refractivity contribution in [3.63, 3.8) is 0 Å². The Labute approximate surface area is 120 Å². The van der Waals surface area contributed by atoms with Gasteiger partial charge in [-0.25, -0.2) is 8.78 Å². The van der Waals surface area contributed by atoms with Crippen LogP contribution in [0.3, 0.4) is 0 Å². The molecule has 2 rings (SSSR count). The average molecular weight is 299 g/mol. The first kappa shape index (κ1) is 14.7. The van der Waals surface area contributed by atoms with E-state index in [1.807, 2.05) is 13.8 Å². The first-order valence-corrected chi connectivity index (χ1v) is 6.44. The molecule has 0 spiro atoms. The van der Waals surface area contributed by atoms with E-state index in [9.17, 15) is 13.6 Å². The lowest BCUT2D eigenvalue weighted by Gasteiger charge is -2.11. The lowest BCUT2D eigenvalue weighted by Crippen LogP contribution is -2.15. The number of ketones is 1. The number of halogens is 3. The maximum absolute atomic E-state index is 13.8. The van der Waals surface area contributed by atoms with Crippen molar-refractivity contribution in [1.29, 1.82) is 0 Å². The van der Waals surface area contributed by atoms with Gasteiger partial charge in [0.05, 0.1) is 16.8 Å². The zero-order valence-corrected chi connectivity index (χ0v) is 12.0. The third-order valence-electron chi connectivity index (χ3n) is 2.95. The number of rotatable bonds is 3. The average Bonchev–Trinajstić information content (AvgIpc) is 2.75. The van der Waals surface area contributed by atoms with Gasteiger partial charge in [0.15, 0.2) is 0 Å². The molecule has 0 unspecified atom stereocenters. The van der Waals surface area contributed by atoms with E-state index >= 15 is 0 Å². The van der Waals surface area contributed by atoms with E-state index < -0.39 is 17.4 Å². The molecular weight excluding hydrogens is 286 g/mol. The van der Waals surface area contributed by atoms with E-state index in [1.165, 1.54) is 23.9 Å². The minimum Gasteiger partial charge on any atom is -0.287 e. The van der Waals surface area contributed by atoms with E-state index in [0.717, 1.165) is 0 Å². The zero-order chi connectivity index (χ0) is 15.0. The number of aryl methyl sites for hydroxylation is 1. The van der Waals surface area contributed by atoms with Crippen LogP contribution in [0.4, 0.5) is 8.78 Å². The van der Waals surface area contributed by atoms with E-state index in [1.54, 1.807) is 0 Å². The van der Waals surface area contributed by atoms with Crippen LogP contribution in [-0.2, 0) is 0 Å². The van der Waals surface area contributed by atoms with Gasteiger partial charge in [0, 0.05) is 12.1 Å². The fraction of sp³-hybridized carbons (Fsp3) is 0.286. The molecule has 2 aromatic rings. The van der Waals surface area contributed by atoms with Crippen molar-refractivity contribution < 1.29 is 13.6 Å². The summed E-state index contributed by atoms with van der Waals surface area (Å²) in [4.78, 5) is 12.4. The van der Waals surface area contributed by atoms with Crippen molar-refractivity contribution in [3.8, 4) is 0 Å². The van der Waals surface area contributed by atoms with Crippen LogP contribution in [-0.4, -0.2) is 15.6 Å². The topological polar surface area (TPSA) is 34.9 Å². The standard InChI is InChI=1S/C14H13ClF2N2O/c1-7(2)19-13(10(15)6-18-19)14(20)9-4-8(3)11(16)5-12(9)17/h4-7H,1-3H3. The molecule has 0 fully saturated rings. The van der Waals surface area contributed by atoms with Crippen LogP contribution in [0.1, 0.15) is 41.5 Å². The molecule has 106 valence electrons. The zero-order valence-electron chi connectivity index (χ0n) is 11.2. The number of carbonyl (C=O) groups is 1. The Morgan fingerprint density at radius 2 is 1.95 bits per heavy atom. The highest BCUT2D eigenvalue weighted by Crippen LogP contribution is 2.24. The Kier molecular flexibility index (Phi) is 3.90. The van der Waals surface area contributed by atoms with E-state index in [4.69, 9.17) is 11.6 Å². The summed E-state index contributed by atoms with van der Waals surface area (Å²) < 4.78 is 28.5. The molecule has 0 radical (unpaired) electrons. The lowest BCUT2D eigenvalue weighted by molar-refractivity contribution is 0.102. The first-order chi connectivity index (χ1) is 9.32. The van der Waals surface area contributed by atoms with Crippen LogP contribution in [0, 0.1) is 18.6 Å². The summed E-state index contributed by atoms with van der Waals surface area (Å²) in [7, 11) is 0. The van der Waals surface area contributed by atoms with Crippen LogP contribution >= 0.6 is 11.6 Å². The van der Waals surface area contributed by atoms with Gasteiger partial charge >= 0.3 is 0 Å². The molecule has 0 amide bonds. The van der Waals surface area contributed by atoms with Gasteiger partial charge in [0.2, 0.25) is 5.78 Å². The monoisotopic (exact) mass is 298 g/mol. The molecule has 0 bridgehead atoms. The summed E-state index contributed by atoms with van der Waals surface area (Å²) in [5.41, 5.74) is 0.0845. The Morgan fingerprint density at radius 3 is 2.55 bits per heavy atom. The largest absolute Gasteiger partial charge is 0.287 e. The molecule has 1 heterocycles. The third-order valence-corrected chi connectivity index (χ3v) is 3.22. The maximum atomic E-state index is 13.8. The van der Waals surface area contributed by atoms with Gasteiger partial charge in [-0.05, 0) is 32.4 Å². The van der Waals surface area contributed by atoms with Gasteiger partial charge < -0.3 is 0 Å².